The van der Waals surface area contributed by atoms with Crippen LogP contribution in [0.2, 0.25) is 0 Å². The molecule has 1 aliphatic heterocycles. The van der Waals surface area contributed by atoms with Gasteiger partial charge in [-0.3, -0.25) is 4.79 Å². The second-order valence-electron chi connectivity index (χ2n) is 6.80. The van der Waals surface area contributed by atoms with Gasteiger partial charge in [-0.25, -0.2) is 0 Å². The summed E-state index contributed by atoms with van der Waals surface area (Å²) in [5, 5.41) is 11.8. The van der Waals surface area contributed by atoms with Crippen LogP contribution in [0, 0.1) is 5.41 Å². The smallest absolute Gasteiger partial charge is 0.268 e. The molecule has 5 nitrogen and oxygen atoms in total. The predicted molar refractivity (Wildman–Crippen MR) is 96.4 cm³/mol. The van der Waals surface area contributed by atoms with E-state index in [4.69, 9.17) is 0 Å². The third kappa shape index (κ3) is 2.89. The van der Waals surface area contributed by atoms with Crippen molar-refractivity contribution in [1.29, 1.82) is 0 Å². The van der Waals surface area contributed by atoms with E-state index in [2.05, 4.69) is 36.6 Å². The summed E-state index contributed by atoms with van der Waals surface area (Å²) in [5.74, 6) is 0.119. The van der Waals surface area contributed by atoms with E-state index in [9.17, 15) is 4.79 Å². The Balaban J connectivity index is 1.60. The van der Waals surface area contributed by atoms with E-state index < -0.39 is 0 Å². The molecule has 7 heteroatoms. The number of thiophene rings is 1. The predicted octanol–water partition coefficient (Wildman–Crippen LogP) is 2.95. The average Bonchev–Trinajstić information content (AvgIpc) is 3.05. The van der Waals surface area contributed by atoms with Crippen LogP contribution >= 0.6 is 22.9 Å². The Kier molecular flexibility index (Phi) is 4.40. The van der Waals surface area contributed by atoms with Crippen molar-refractivity contribution in [2.45, 2.75) is 45.2 Å². The molecule has 4 rings (SSSR count). The maximum absolute atomic E-state index is 13.3. The molecule has 2 aromatic rings. The minimum atomic E-state index is 0.119. The third-order valence-electron chi connectivity index (χ3n) is 5.40. The molecule has 24 heavy (non-hydrogen) atoms. The second-order valence-corrected chi connectivity index (χ2v) is 8.33. The molecule has 3 heterocycles. The van der Waals surface area contributed by atoms with Crippen LogP contribution in [0.1, 0.15) is 47.1 Å². The normalized spacial score (nSPS) is 21.8. The van der Waals surface area contributed by atoms with Gasteiger partial charge in [0.15, 0.2) is 0 Å². The van der Waals surface area contributed by atoms with Crippen molar-refractivity contribution in [3.8, 4) is 0 Å². The summed E-state index contributed by atoms with van der Waals surface area (Å²) >= 11 is 2.93. The van der Waals surface area contributed by atoms with Crippen molar-refractivity contribution in [3.05, 3.63) is 33.0 Å². The summed E-state index contributed by atoms with van der Waals surface area (Å²) in [7, 11) is 0. The fourth-order valence-corrected chi connectivity index (χ4v) is 5.23. The molecule has 2 fully saturated rings. The highest BCUT2D eigenvalue weighted by molar-refractivity contribution is 7.08. The Labute approximate surface area is 150 Å². The van der Waals surface area contributed by atoms with Gasteiger partial charge in [0, 0.05) is 12.6 Å². The van der Waals surface area contributed by atoms with Gasteiger partial charge in [0.2, 0.25) is 0 Å². The molecule has 1 spiro atoms. The lowest BCUT2D eigenvalue weighted by Crippen LogP contribution is -2.39. The number of rotatable bonds is 5. The lowest BCUT2D eigenvalue weighted by molar-refractivity contribution is 0.0696. The fraction of sp³-hybridized carbons (Fsp3) is 0.588. The number of aryl methyl sites for hydroxylation is 1. The first-order valence-electron chi connectivity index (χ1n) is 8.57. The number of carbonyl (C=O) groups excluding carboxylic acids is 1. The summed E-state index contributed by atoms with van der Waals surface area (Å²) in [6.07, 6.45) is 4.24. The van der Waals surface area contributed by atoms with Gasteiger partial charge >= 0.3 is 0 Å². The highest BCUT2D eigenvalue weighted by Gasteiger charge is 2.58. The van der Waals surface area contributed by atoms with Crippen molar-refractivity contribution < 1.29 is 4.79 Å². The van der Waals surface area contributed by atoms with E-state index in [-0.39, 0.29) is 5.91 Å². The van der Waals surface area contributed by atoms with Gasteiger partial charge in [-0.05, 0) is 78.1 Å². The number of hydrogen-bond acceptors (Lipinski definition) is 6. The molecule has 1 amide bonds. The van der Waals surface area contributed by atoms with Gasteiger partial charge in [0.25, 0.3) is 5.91 Å². The first-order valence-corrected chi connectivity index (χ1v) is 10.3. The summed E-state index contributed by atoms with van der Waals surface area (Å²) in [5.41, 5.74) is 2.39. The number of nitrogens with zero attached hydrogens (tertiary/aromatic N) is 3. The number of aromatic nitrogens is 2. The zero-order valence-corrected chi connectivity index (χ0v) is 15.5. The van der Waals surface area contributed by atoms with Crippen LogP contribution in [0.4, 0.5) is 0 Å². The molecule has 0 bridgehead atoms. The van der Waals surface area contributed by atoms with Gasteiger partial charge in [-0.2, -0.15) is 11.3 Å². The molecule has 1 unspecified atom stereocenters. The molecule has 2 aliphatic rings. The number of carbonyl (C=O) groups is 1. The van der Waals surface area contributed by atoms with Crippen LogP contribution in [0.5, 0.6) is 0 Å². The largest absolute Gasteiger partial charge is 0.330 e. The molecule has 2 aromatic heterocycles. The molecule has 1 N–H and O–H groups in total. The molecule has 0 aromatic carbocycles. The van der Waals surface area contributed by atoms with Crippen molar-refractivity contribution >= 4 is 28.8 Å². The SMILES string of the molecule is CCc1nnsc1C(=O)N(Cc1ccsc1)C1CC12CCNCC2. The van der Waals surface area contributed by atoms with Crippen molar-refractivity contribution in [1.82, 2.24) is 19.8 Å². The maximum Gasteiger partial charge on any atom is 0.268 e. The Morgan fingerprint density at radius 1 is 1.46 bits per heavy atom. The molecule has 1 atom stereocenters. The lowest BCUT2D eigenvalue weighted by atomic mass is 9.93. The maximum atomic E-state index is 13.3. The average molecular weight is 363 g/mol. The highest BCUT2D eigenvalue weighted by Crippen LogP contribution is 2.56. The molecule has 128 valence electrons. The Bertz CT molecular complexity index is 706. The van der Waals surface area contributed by atoms with Crippen molar-refractivity contribution in [3.63, 3.8) is 0 Å². The molecule has 1 saturated carbocycles. The van der Waals surface area contributed by atoms with Crippen LogP contribution in [-0.4, -0.2) is 39.5 Å². The quantitative estimate of drug-likeness (QED) is 0.888. The van der Waals surface area contributed by atoms with E-state index in [0.29, 0.717) is 18.0 Å². The molecule has 1 saturated heterocycles. The van der Waals surface area contributed by atoms with Crippen LogP contribution in [0.3, 0.4) is 0 Å². The molecule has 0 radical (unpaired) electrons. The number of piperidine rings is 1. The minimum Gasteiger partial charge on any atom is -0.330 e. The van der Waals surface area contributed by atoms with Crippen LogP contribution in [0.15, 0.2) is 16.8 Å². The van der Waals surface area contributed by atoms with Gasteiger partial charge < -0.3 is 10.2 Å². The van der Waals surface area contributed by atoms with Crippen LogP contribution < -0.4 is 5.32 Å². The summed E-state index contributed by atoms with van der Waals surface area (Å²) < 4.78 is 4.01. The molecular formula is C17H22N4OS2. The van der Waals surface area contributed by atoms with Gasteiger partial charge in [0.1, 0.15) is 4.88 Å². The van der Waals surface area contributed by atoms with Gasteiger partial charge in [-0.15, -0.1) is 5.10 Å². The zero-order valence-electron chi connectivity index (χ0n) is 13.8. The standard InChI is InChI=1S/C17H22N4OS2/c1-2-13-15(24-20-19-13)16(22)21(10-12-3-8-23-11-12)14-9-17(14)4-6-18-7-5-17/h3,8,11,14,18H,2,4-7,9-10H2,1H3. The van der Waals surface area contributed by atoms with E-state index in [1.165, 1.54) is 29.9 Å². The zero-order chi connectivity index (χ0) is 16.6. The topological polar surface area (TPSA) is 58.1 Å². The second kappa shape index (κ2) is 6.54. The number of nitrogens with one attached hydrogen (secondary N) is 1. The highest BCUT2D eigenvalue weighted by atomic mass is 32.1. The number of hydrogen-bond donors (Lipinski definition) is 1. The fourth-order valence-electron chi connectivity index (χ4n) is 3.86. The van der Waals surface area contributed by atoms with E-state index in [1.54, 1.807) is 11.3 Å². The van der Waals surface area contributed by atoms with E-state index in [1.807, 2.05) is 6.92 Å². The van der Waals surface area contributed by atoms with Crippen molar-refractivity contribution in [2.24, 2.45) is 5.41 Å². The van der Waals surface area contributed by atoms with Gasteiger partial charge in [-0.1, -0.05) is 11.4 Å². The van der Waals surface area contributed by atoms with E-state index >= 15 is 0 Å². The monoisotopic (exact) mass is 362 g/mol. The van der Waals surface area contributed by atoms with Crippen molar-refractivity contribution in [2.75, 3.05) is 13.1 Å². The number of amides is 1. The van der Waals surface area contributed by atoms with Crippen LogP contribution in [-0.2, 0) is 13.0 Å². The Hall–Kier alpha value is -1.31. The minimum absolute atomic E-state index is 0.119. The van der Waals surface area contributed by atoms with E-state index in [0.717, 1.165) is 36.5 Å². The van der Waals surface area contributed by atoms with Crippen LogP contribution in [0.25, 0.3) is 0 Å². The summed E-state index contributed by atoms with van der Waals surface area (Å²) in [6, 6.07) is 2.48. The first-order chi connectivity index (χ1) is 11.7. The first kappa shape index (κ1) is 16.2. The molecular weight excluding hydrogens is 340 g/mol. The Morgan fingerprint density at radius 2 is 2.29 bits per heavy atom. The summed E-state index contributed by atoms with van der Waals surface area (Å²) in [4.78, 5) is 16.1. The molecule has 1 aliphatic carbocycles. The Morgan fingerprint density at radius 3 is 3.00 bits per heavy atom. The summed E-state index contributed by atoms with van der Waals surface area (Å²) in [6.45, 7) is 4.87. The lowest BCUT2D eigenvalue weighted by Gasteiger charge is -2.29. The third-order valence-corrected chi connectivity index (χ3v) is 6.89. The van der Waals surface area contributed by atoms with Gasteiger partial charge in [0.05, 0.1) is 5.69 Å².